The maximum absolute atomic E-state index is 12.7. The van der Waals surface area contributed by atoms with Crippen molar-refractivity contribution in [1.29, 1.82) is 0 Å². The fourth-order valence-corrected chi connectivity index (χ4v) is 5.08. The molecular formula is C22H26N2O4S. The first-order chi connectivity index (χ1) is 14.1. The van der Waals surface area contributed by atoms with Gasteiger partial charge in [0.05, 0.1) is 18.1 Å². The molecule has 0 saturated carbocycles. The molecule has 0 radical (unpaired) electrons. The normalized spacial score (nSPS) is 15.8. The van der Waals surface area contributed by atoms with Gasteiger partial charge >= 0.3 is 0 Å². The van der Waals surface area contributed by atoms with Gasteiger partial charge in [0.15, 0.2) is 0 Å². The Bertz CT molecular complexity index is 1070. The third-order valence-corrected chi connectivity index (χ3v) is 7.18. The van der Waals surface area contributed by atoms with Crippen LogP contribution in [0.4, 0.5) is 0 Å². The number of fused-ring (bicyclic) bond motifs is 1. The number of aryl methyl sites for hydroxylation is 1. The Hall–Kier alpha value is -2.19. The van der Waals surface area contributed by atoms with Gasteiger partial charge in [0.25, 0.3) is 0 Å². The number of rotatable bonds is 7. The van der Waals surface area contributed by atoms with E-state index < -0.39 is 10.0 Å². The van der Waals surface area contributed by atoms with Gasteiger partial charge in [0.1, 0.15) is 11.3 Å². The molecule has 6 nitrogen and oxygen atoms in total. The molecule has 1 aliphatic rings. The van der Waals surface area contributed by atoms with Crippen molar-refractivity contribution in [2.24, 2.45) is 0 Å². The first kappa shape index (κ1) is 20.1. The van der Waals surface area contributed by atoms with Crippen molar-refractivity contribution in [3.63, 3.8) is 0 Å². The van der Waals surface area contributed by atoms with Gasteiger partial charge in [-0.3, -0.25) is 0 Å². The summed E-state index contributed by atoms with van der Waals surface area (Å²) in [6.07, 6.45) is 0.847. The summed E-state index contributed by atoms with van der Waals surface area (Å²) in [5, 5.41) is 4.60. The van der Waals surface area contributed by atoms with Crippen LogP contribution in [0.25, 0.3) is 11.0 Å². The largest absolute Gasteiger partial charge is 0.461 e. The molecule has 2 heterocycles. The molecular weight excluding hydrogens is 388 g/mol. The zero-order valence-corrected chi connectivity index (χ0v) is 17.4. The van der Waals surface area contributed by atoms with Crippen molar-refractivity contribution in [2.45, 2.75) is 31.3 Å². The highest BCUT2D eigenvalue weighted by Crippen LogP contribution is 2.26. The monoisotopic (exact) mass is 414 g/mol. The molecule has 1 aromatic heterocycles. The van der Waals surface area contributed by atoms with Gasteiger partial charge in [-0.2, -0.15) is 4.31 Å². The summed E-state index contributed by atoms with van der Waals surface area (Å²) in [5.41, 5.74) is 3.14. The fourth-order valence-electron chi connectivity index (χ4n) is 3.68. The molecule has 4 rings (SSSR count). The van der Waals surface area contributed by atoms with Crippen LogP contribution in [0.1, 0.15) is 23.8 Å². The Morgan fingerprint density at radius 1 is 1.00 bits per heavy atom. The molecule has 154 valence electrons. The smallest absolute Gasteiger partial charge is 0.243 e. The van der Waals surface area contributed by atoms with Crippen molar-refractivity contribution < 1.29 is 17.6 Å². The molecule has 0 bridgehead atoms. The summed E-state index contributed by atoms with van der Waals surface area (Å²) >= 11 is 0. The summed E-state index contributed by atoms with van der Waals surface area (Å²) in [6, 6.07) is 15.2. The molecule has 1 fully saturated rings. The van der Waals surface area contributed by atoms with Gasteiger partial charge in [0, 0.05) is 43.5 Å². The van der Waals surface area contributed by atoms with Crippen LogP contribution < -0.4 is 5.32 Å². The van der Waals surface area contributed by atoms with Crippen LogP contribution in [-0.4, -0.2) is 39.0 Å². The average molecular weight is 415 g/mol. The van der Waals surface area contributed by atoms with Gasteiger partial charge in [-0.25, -0.2) is 8.42 Å². The molecule has 0 unspecified atom stereocenters. The van der Waals surface area contributed by atoms with Crippen LogP contribution in [0.2, 0.25) is 0 Å². The first-order valence-electron chi connectivity index (χ1n) is 9.96. The number of benzene rings is 2. The van der Waals surface area contributed by atoms with E-state index in [2.05, 4.69) is 18.3 Å². The molecule has 0 atom stereocenters. The van der Waals surface area contributed by atoms with Crippen molar-refractivity contribution >= 4 is 21.0 Å². The highest BCUT2D eigenvalue weighted by Gasteiger charge is 2.26. The Kier molecular flexibility index (Phi) is 6.01. The Morgan fingerprint density at radius 3 is 2.45 bits per heavy atom. The van der Waals surface area contributed by atoms with E-state index in [1.165, 1.54) is 9.87 Å². The maximum atomic E-state index is 12.7. The molecule has 2 aromatic carbocycles. The molecule has 1 N–H and O–H groups in total. The fraction of sp³-hybridized carbons (Fsp3) is 0.364. The van der Waals surface area contributed by atoms with E-state index in [9.17, 15) is 8.42 Å². The van der Waals surface area contributed by atoms with E-state index in [1.54, 1.807) is 12.1 Å². The lowest BCUT2D eigenvalue weighted by atomic mass is 10.1. The third kappa shape index (κ3) is 4.23. The summed E-state index contributed by atoms with van der Waals surface area (Å²) in [5.74, 6) is 1.01. The SMILES string of the molecule is CCc1oc2ccccc2c1CNCc1ccc(S(=O)(=O)N2CCOCC2)cc1. The van der Waals surface area contributed by atoms with Crippen molar-refractivity contribution in [3.05, 3.63) is 65.4 Å². The number of nitrogens with zero attached hydrogens (tertiary/aromatic N) is 1. The highest BCUT2D eigenvalue weighted by molar-refractivity contribution is 7.89. The second-order valence-corrected chi connectivity index (χ2v) is 9.06. The molecule has 0 amide bonds. The minimum absolute atomic E-state index is 0.331. The van der Waals surface area contributed by atoms with E-state index >= 15 is 0 Å². The van der Waals surface area contributed by atoms with Gasteiger partial charge in [0.2, 0.25) is 10.0 Å². The second-order valence-electron chi connectivity index (χ2n) is 7.12. The second kappa shape index (κ2) is 8.67. The number of para-hydroxylation sites is 1. The Morgan fingerprint density at radius 2 is 1.72 bits per heavy atom. The van der Waals surface area contributed by atoms with Gasteiger partial charge in [-0.15, -0.1) is 0 Å². The number of hydrogen-bond donors (Lipinski definition) is 1. The summed E-state index contributed by atoms with van der Waals surface area (Å²) < 4.78 is 38.1. The third-order valence-electron chi connectivity index (χ3n) is 5.27. The molecule has 1 saturated heterocycles. The highest BCUT2D eigenvalue weighted by atomic mass is 32.2. The Labute approximate surface area is 171 Å². The van der Waals surface area contributed by atoms with E-state index in [1.807, 2.05) is 30.3 Å². The lowest BCUT2D eigenvalue weighted by Crippen LogP contribution is -2.40. The van der Waals surface area contributed by atoms with Crippen LogP contribution >= 0.6 is 0 Å². The number of furan rings is 1. The molecule has 3 aromatic rings. The van der Waals surface area contributed by atoms with Crippen molar-refractivity contribution in [1.82, 2.24) is 9.62 Å². The van der Waals surface area contributed by atoms with Crippen LogP contribution in [-0.2, 0) is 34.3 Å². The first-order valence-corrected chi connectivity index (χ1v) is 11.4. The minimum Gasteiger partial charge on any atom is -0.461 e. The molecule has 0 spiro atoms. The topological polar surface area (TPSA) is 71.8 Å². The van der Waals surface area contributed by atoms with Crippen LogP contribution in [0.3, 0.4) is 0 Å². The lowest BCUT2D eigenvalue weighted by Gasteiger charge is -2.26. The van der Waals surface area contributed by atoms with Crippen LogP contribution in [0.5, 0.6) is 0 Å². The maximum Gasteiger partial charge on any atom is 0.243 e. The number of sulfonamides is 1. The lowest BCUT2D eigenvalue weighted by molar-refractivity contribution is 0.0730. The number of ether oxygens (including phenoxy) is 1. The van der Waals surface area contributed by atoms with E-state index in [-0.39, 0.29) is 0 Å². The predicted molar refractivity (Wildman–Crippen MR) is 112 cm³/mol. The van der Waals surface area contributed by atoms with Crippen molar-refractivity contribution in [2.75, 3.05) is 26.3 Å². The molecule has 0 aliphatic carbocycles. The zero-order chi connectivity index (χ0) is 20.3. The molecule has 7 heteroatoms. The quantitative estimate of drug-likeness (QED) is 0.642. The number of hydrogen-bond acceptors (Lipinski definition) is 5. The average Bonchev–Trinajstić information content (AvgIpc) is 3.12. The zero-order valence-electron chi connectivity index (χ0n) is 16.6. The minimum atomic E-state index is -3.45. The molecule has 1 aliphatic heterocycles. The van der Waals surface area contributed by atoms with Gasteiger partial charge < -0.3 is 14.5 Å². The van der Waals surface area contributed by atoms with Gasteiger partial charge in [-0.05, 0) is 23.8 Å². The molecule has 29 heavy (non-hydrogen) atoms. The summed E-state index contributed by atoms with van der Waals surface area (Å²) in [6.45, 7) is 5.16. The van der Waals surface area contributed by atoms with Crippen LogP contribution in [0.15, 0.2) is 57.8 Å². The van der Waals surface area contributed by atoms with Crippen LogP contribution in [0, 0.1) is 0 Å². The van der Waals surface area contributed by atoms with E-state index in [0.29, 0.717) is 44.3 Å². The van der Waals surface area contributed by atoms with E-state index in [0.717, 1.165) is 28.7 Å². The Balaban J connectivity index is 1.41. The van der Waals surface area contributed by atoms with E-state index in [4.69, 9.17) is 9.15 Å². The summed E-state index contributed by atoms with van der Waals surface area (Å²) in [4.78, 5) is 0.331. The predicted octanol–water partition coefficient (Wildman–Crippen LogP) is 3.31. The standard InChI is InChI=1S/C22H26N2O4S/c1-2-21-20(19-5-3-4-6-22(19)28-21)16-23-15-17-7-9-18(10-8-17)29(25,26)24-11-13-27-14-12-24/h3-10,23H,2,11-16H2,1H3. The number of morpholine rings is 1. The number of nitrogens with one attached hydrogen (secondary N) is 1. The van der Waals surface area contributed by atoms with Gasteiger partial charge in [-0.1, -0.05) is 37.3 Å². The summed E-state index contributed by atoms with van der Waals surface area (Å²) in [7, 11) is -3.45. The van der Waals surface area contributed by atoms with Crippen molar-refractivity contribution in [3.8, 4) is 0 Å².